The number of nitrogens with zero attached hydrogens (tertiary/aromatic N) is 1. The van der Waals surface area contributed by atoms with Gasteiger partial charge in [0.25, 0.3) is 0 Å². The summed E-state index contributed by atoms with van der Waals surface area (Å²) < 4.78 is 0. The first-order valence-electron chi connectivity index (χ1n) is 9.06. The predicted octanol–water partition coefficient (Wildman–Crippen LogP) is 2.64. The minimum Gasteiger partial charge on any atom is -0.393 e. The molecule has 0 aromatic heterocycles. The Labute approximate surface area is 130 Å². The summed E-state index contributed by atoms with van der Waals surface area (Å²) in [4.78, 5) is 2.70. The van der Waals surface area contributed by atoms with Crippen LogP contribution in [0.25, 0.3) is 0 Å². The summed E-state index contributed by atoms with van der Waals surface area (Å²) in [6, 6.07) is 1.47. The lowest BCUT2D eigenvalue weighted by molar-refractivity contribution is 0.0700. The summed E-state index contributed by atoms with van der Waals surface area (Å²) >= 11 is 0. The first-order chi connectivity index (χ1) is 9.90. The molecule has 3 aliphatic rings. The van der Waals surface area contributed by atoms with Crippen LogP contribution in [0.5, 0.6) is 0 Å². The van der Waals surface area contributed by atoms with Crippen molar-refractivity contribution in [3.63, 3.8) is 0 Å². The Hall–Kier alpha value is -0.120. The molecule has 0 aromatic carbocycles. The minimum absolute atomic E-state index is 0.0302. The van der Waals surface area contributed by atoms with Crippen molar-refractivity contribution in [3.8, 4) is 0 Å². The van der Waals surface area contributed by atoms with Crippen LogP contribution in [0.4, 0.5) is 0 Å². The number of nitrogens with one attached hydrogen (secondary N) is 1. The van der Waals surface area contributed by atoms with Gasteiger partial charge in [-0.2, -0.15) is 0 Å². The number of aliphatic hydroxyl groups is 1. The summed E-state index contributed by atoms with van der Waals surface area (Å²) in [5, 5.41) is 14.1. The standard InChI is InChI=1S/C18H34N2O/c1-18(2,3)12-19-15-8-13(9-17(21)14-4-5-14)10-20(11-15)16-6-7-16/h13-17,19,21H,4-12H2,1-3H3. The highest BCUT2D eigenvalue weighted by Crippen LogP contribution is 2.38. The van der Waals surface area contributed by atoms with Crippen molar-refractivity contribution in [2.75, 3.05) is 19.6 Å². The molecular weight excluding hydrogens is 260 g/mol. The molecule has 1 saturated heterocycles. The maximum absolute atomic E-state index is 10.3. The zero-order valence-corrected chi connectivity index (χ0v) is 14.1. The third-order valence-electron chi connectivity index (χ3n) is 5.29. The largest absolute Gasteiger partial charge is 0.393 e. The molecule has 122 valence electrons. The zero-order chi connectivity index (χ0) is 15.0. The molecule has 1 aliphatic heterocycles. The lowest BCUT2D eigenvalue weighted by Gasteiger charge is -2.40. The van der Waals surface area contributed by atoms with E-state index in [2.05, 4.69) is 31.0 Å². The lowest BCUT2D eigenvalue weighted by Crippen LogP contribution is -2.51. The van der Waals surface area contributed by atoms with E-state index in [9.17, 15) is 5.11 Å². The van der Waals surface area contributed by atoms with Crippen LogP contribution in [0.1, 0.15) is 59.3 Å². The summed E-state index contributed by atoms with van der Waals surface area (Å²) in [5.41, 5.74) is 0.352. The molecule has 2 aliphatic carbocycles. The van der Waals surface area contributed by atoms with Crippen LogP contribution in [-0.4, -0.2) is 47.8 Å². The number of rotatable bonds is 6. The molecule has 2 saturated carbocycles. The van der Waals surface area contributed by atoms with Crippen molar-refractivity contribution in [3.05, 3.63) is 0 Å². The van der Waals surface area contributed by atoms with E-state index in [0.29, 0.717) is 23.3 Å². The topological polar surface area (TPSA) is 35.5 Å². The van der Waals surface area contributed by atoms with E-state index in [0.717, 1.165) is 19.0 Å². The monoisotopic (exact) mass is 294 g/mol. The van der Waals surface area contributed by atoms with Gasteiger partial charge in [-0.25, -0.2) is 0 Å². The average Bonchev–Trinajstić information content (AvgIpc) is 3.28. The fourth-order valence-corrected chi connectivity index (χ4v) is 3.76. The Balaban J connectivity index is 1.52. The van der Waals surface area contributed by atoms with Crippen LogP contribution in [0, 0.1) is 17.3 Å². The van der Waals surface area contributed by atoms with Crippen molar-refractivity contribution < 1.29 is 5.11 Å². The van der Waals surface area contributed by atoms with Crippen molar-refractivity contribution in [2.24, 2.45) is 17.3 Å². The van der Waals surface area contributed by atoms with E-state index in [1.165, 1.54) is 45.2 Å². The number of piperidine rings is 1. The highest BCUT2D eigenvalue weighted by Gasteiger charge is 2.38. The van der Waals surface area contributed by atoms with Gasteiger partial charge in [0, 0.05) is 31.7 Å². The van der Waals surface area contributed by atoms with Crippen LogP contribution in [0.2, 0.25) is 0 Å². The Morgan fingerprint density at radius 2 is 1.86 bits per heavy atom. The number of hydrogen-bond donors (Lipinski definition) is 2. The first kappa shape index (κ1) is 15.8. The molecular formula is C18H34N2O. The van der Waals surface area contributed by atoms with Crippen molar-refractivity contribution in [2.45, 2.75) is 77.5 Å². The van der Waals surface area contributed by atoms with Gasteiger partial charge in [0.15, 0.2) is 0 Å². The smallest absolute Gasteiger partial charge is 0.0571 e. The lowest BCUT2D eigenvalue weighted by atomic mass is 9.87. The van der Waals surface area contributed by atoms with Gasteiger partial charge in [-0.1, -0.05) is 20.8 Å². The summed E-state index contributed by atoms with van der Waals surface area (Å²) in [6.45, 7) is 10.4. The Bertz CT molecular complexity index is 342. The van der Waals surface area contributed by atoms with E-state index < -0.39 is 0 Å². The molecule has 0 amide bonds. The predicted molar refractivity (Wildman–Crippen MR) is 87.3 cm³/mol. The van der Waals surface area contributed by atoms with Gasteiger partial charge in [-0.3, -0.25) is 4.90 Å². The molecule has 3 heteroatoms. The van der Waals surface area contributed by atoms with Crippen molar-refractivity contribution in [1.29, 1.82) is 0 Å². The SMILES string of the molecule is CC(C)(C)CNC1CC(CC(O)C2CC2)CN(C2CC2)C1. The van der Waals surface area contributed by atoms with Crippen molar-refractivity contribution >= 4 is 0 Å². The summed E-state index contributed by atoms with van der Waals surface area (Å²) in [6.07, 6.45) is 7.55. The van der Waals surface area contributed by atoms with Crippen LogP contribution in [-0.2, 0) is 0 Å². The molecule has 1 heterocycles. The highest BCUT2D eigenvalue weighted by molar-refractivity contribution is 4.94. The second kappa shape index (κ2) is 6.17. The molecule has 0 bridgehead atoms. The number of likely N-dealkylation sites (tertiary alicyclic amines) is 1. The van der Waals surface area contributed by atoms with E-state index in [1.807, 2.05) is 0 Å². The molecule has 0 spiro atoms. The highest BCUT2D eigenvalue weighted by atomic mass is 16.3. The van der Waals surface area contributed by atoms with Gasteiger partial charge >= 0.3 is 0 Å². The van der Waals surface area contributed by atoms with Gasteiger partial charge in [-0.05, 0) is 55.8 Å². The summed E-state index contributed by atoms with van der Waals surface area (Å²) in [5.74, 6) is 1.31. The average molecular weight is 294 g/mol. The van der Waals surface area contributed by atoms with Gasteiger partial charge in [0.1, 0.15) is 0 Å². The summed E-state index contributed by atoms with van der Waals surface area (Å²) in [7, 11) is 0. The molecule has 0 aromatic rings. The molecule has 3 atom stereocenters. The maximum atomic E-state index is 10.3. The van der Waals surface area contributed by atoms with Gasteiger partial charge < -0.3 is 10.4 Å². The number of aliphatic hydroxyl groups excluding tert-OH is 1. The van der Waals surface area contributed by atoms with Crippen LogP contribution < -0.4 is 5.32 Å². The molecule has 2 N–H and O–H groups in total. The zero-order valence-electron chi connectivity index (χ0n) is 14.1. The second-order valence-corrected chi connectivity index (χ2v) is 9.07. The molecule has 3 unspecified atom stereocenters. The van der Waals surface area contributed by atoms with Crippen LogP contribution >= 0.6 is 0 Å². The van der Waals surface area contributed by atoms with E-state index in [4.69, 9.17) is 0 Å². The normalized spacial score (nSPS) is 33.1. The first-order valence-corrected chi connectivity index (χ1v) is 9.06. The second-order valence-electron chi connectivity index (χ2n) is 9.07. The minimum atomic E-state index is -0.0302. The van der Waals surface area contributed by atoms with E-state index >= 15 is 0 Å². The molecule has 3 nitrogen and oxygen atoms in total. The van der Waals surface area contributed by atoms with Crippen LogP contribution in [0.3, 0.4) is 0 Å². The van der Waals surface area contributed by atoms with E-state index in [1.54, 1.807) is 0 Å². The van der Waals surface area contributed by atoms with Crippen LogP contribution in [0.15, 0.2) is 0 Å². The fraction of sp³-hybridized carbons (Fsp3) is 1.00. The molecule has 3 rings (SSSR count). The Kier molecular flexibility index (Phi) is 4.63. The quantitative estimate of drug-likeness (QED) is 0.790. The Morgan fingerprint density at radius 3 is 2.43 bits per heavy atom. The fourth-order valence-electron chi connectivity index (χ4n) is 3.76. The molecule has 3 fully saturated rings. The van der Waals surface area contributed by atoms with Crippen molar-refractivity contribution in [1.82, 2.24) is 10.2 Å². The number of hydrogen-bond acceptors (Lipinski definition) is 3. The third kappa shape index (κ3) is 4.94. The van der Waals surface area contributed by atoms with E-state index in [-0.39, 0.29) is 6.10 Å². The maximum Gasteiger partial charge on any atom is 0.0571 e. The Morgan fingerprint density at radius 1 is 1.14 bits per heavy atom. The van der Waals surface area contributed by atoms with Gasteiger partial charge in [0.2, 0.25) is 0 Å². The van der Waals surface area contributed by atoms with Gasteiger partial charge in [0.05, 0.1) is 6.10 Å². The third-order valence-corrected chi connectivity index (χ3v) is 5.29. The van der Waals surface area contributed by atoms with Gasteiger partial charge in [-0.15, -0.1) is 0 Å². The molecule has 21 heavy (non-hydrogen) atoms. The molecule has 0 radical (unpaired) electrons.